The fourth-order valence-electron chi connectivity index (χ4n) is 3.82. The predicted octanol–water partition coefficient (Wildman–Crippen LogP) is 5.75. The summed E-state index contributed by atoms with van der Waals surface area (Å²) in [5.74, 6) is -1.95. The van der Waals surface area contributed by atoms with Gasteiger partial charge in [0, 0.05) is 41.7 Å². The van der Waals surface area contributed by atoms with Gasteiger partial charge in [0.1, 0.15) is 12.4 Å². The molecular weight excluding hydrogens is 511 g/mol. The number of para-hydroxylation sites is 1. The van der Waals surface area contributed by atoms with Crippen LogP contribution in [-0.2, 0) is 17.8 Å². The van der Waals surface area contributed by atoms with Crippen LogP contribution in [0.15, 0.2) is 79.0 Å². The maximum atomic E-state index is 12.1. The van der Waals surface area contributed by atoms with Gasteiger partial charge in [-0.3, -0.25) is 9.78 Å². The number of ether oxygens (including phenoxy) is 1. The maximum absolute atomic E-state index is 12.1. The van der Waals surface area contributed by atoms with Gasteiger partial charge in [-0.25, -0.2) is 4.79 Å². The molecule has 200 valence electrons. The molecule has 0 saturated carbocycles. The normalized spacial score (nSPS) is 12.7. The summed E-state index contributed by atoms with van der Waals surface area (Å²) in [6, 6.07) is 24.0. The summed E-state index contributed by atoms with van der Waals surface area (Å²) < 4.78 is 37.8. The highest BCUT2D eigenvalue weighted by molar-refractivity contribution is 5.97. The van der Waals surface area contributed by atoms with Crippen LogP contribution in [0.3, 0.4) is 0 Å². The van der Waals surface area contributed by atoms with Crippen LogP contribution in [0.2, 0.25) is 0 Å². The molecular formula is C29H24F3N3O4. The van der Waals surface area contributed by atoms with Gasteiger partial charge < -0.3 is 20.1 Å². The lowest BCUT2D eigenvalue weighted by Gasteiger charge is -2.10. The molecule has 7 nitrogen and oxygen atoms in total. The fourth-order valence-corrected chi connectivity index (χ4v) is 3.82. The fraction of sp³-hybridized carbons (Fsp3) is 0.138. The number of fused-ring (bicyclic) bond motifs is 1. The quantitative estimate of drug-likeness (QED) is 0.292. The first-order valence-electron chi connectivity index (χ1n) is 11.9. The zero-order valence-corrected chi connectivity index (χ0v) is 20.5. The molecule has 2 aromatic heterocycles. The third-order valence-electron chi connectivity index (χ3n) is 5.73. The van der Waals surface area contributed by atoms with Crippen LogP contribution < -0.4 is 10.1 Å². The van der Waals surface area contributed by atoms with Crippen molar-refractivity contribution in [2.24, 2.45) is 0 Å². The molecule has 39 heavy (non-hydrogen) atoms. The molecule has 0 atom stereocenters. The van der Waals surface area contributed by atoms with E-state index in [-0.39, 0.29) is 5.91 Å². The molecule has 1 aliphatic rings. The van der Waals surface area contributed by atoms with Crippen molar-refractivity contribution < 1.29 is 32.6 Å². The van der Waals surface area contributed by atoms with Gasteiger partial charge in [0.2, 0.25) is 0 Å². The number of aromatic amines is 1. The molecule has 3 heterocycles. The Labute approximate surface area is 222 Å². The lowest BCUT2D eigenvalue weighted by Crippen LogP contribution is -2.31. The highest BCUT2D eigenvalue weighted by Crippen LogP contribution is 2.26. The molecule has 0 fully saturated rings. The highest BCUT2D eigenvalue weighted by atomic mass is 19.4. The van der Waals surface area contributed by atoms with Crippen LogP contribution in [0.4, 0.5) is 13.2 Å². The summed E-state index contributed by atoms with van der Waals surface area (Å²) in [5, 5.41) is 10.0. The Morgan fingerprint density at radius 3 is 2.46 bits per heavy atom. The van der Waals surface area contributed by atoms with Gasteiger partial charge in [0.15, 0.2) is 0 Å². The van der Waals surface area contributed by atoms with Crippen molar-refractivity contribution in [3.05, 3.63) is 107 Å². The van der Waals surface area contributed by atoms with Gasteiger partial charge >= 0.3 is 12.1 Å². The van der Waals surface area contributed by atoms with Crippen LogP contribution in [0.1, 0.15) is 32.9 Å². The van der Waals surface area contributed by atoms with Crippen LogP contribution >= 0.6 is 0 Å². The van der Waals surface area contributed by atoms with E-state index in [1.165, 1.54) is 0 Å². The highest BCUT2D eigenvalue weighted by Gasteiger charge is 2.38. The van der Waals surface area contributed by atoms with Crippen molar-refractivity contribution >= 4 is 24.0 Å². The molecule has 2 aromatic carbocycles. The maximum Gasteiger partial charge on any atom is 0.490 e. The zero-order valence-electron chi connectivity index (χ0n) is 20.5. The number of carbonyl (C=O) groups excluding carboxylic acids is 1. The zero-order chi connectivity index (χ0) is 27.8. The average molecular weight is 536 g/mol. The van der Waals surface area contributed by atoms with Crippen LogP contribution in [0.25, 0.3) is 23.4 Å². The Bertz CT molecular complexity index is 1480. The van der Waals surface area contributed by atoms with Gasteiger partial charge in [-0.05, 0) is 42.0 Å². The first-order chi connectivity index (χ1) is 18.7. The predicted molar refractivity (Wildman–Crippen MR) is 140 cm³/mol. The number of pyridine rings is 1. The minimum absolute atomic E-state index is 0.0185. The number of hydrogen-bond acceptors (Lipinski definition) is 4. The molecule has 0 bridgehead atoms. The number of aliphatic carboxylic acids is 1. The largest absolute Gasteiger partial charge is 0.490 e. The van der Waals surface area contributed by atoms with Gasteiger partial charge in [-0.15, -0.1) is 0 Å². The number of nitrogens with one attached hydrogen (secondary N) is 2. The van der Waals surface area contributed by atoms with E-state index in [1.807, 2.05) is 72.8 Å². The second kappa shape index (κ2) is 12.1. The van der Waals surface area contributed by atoms with Gasteiger partial charge in [-0.2, -0.15) is 13.2 Å². The molecule has 3 N–H and O–H groups in total. The summed E-state index contributed by atoms with van der Waals surface area (Å²) in [4.78, 5) is 28.8. The molecule has 10 heteroatoms. The number of hydrogen-bond donors (Lipinski definition) is 3. The number of alkyl halides is 3. The summed E-state index contributed by atoms with van der Waals surface area (Å²) in [7, 11) is 0. The second-order valence-electron chi connectivity index (χ2n) is 8.50. The molecule has 1 amide bonds. The van der Waals surface area contributed by atoms with E-state index < -0.39 is 12.1 Å². The van der Waals surface area contributed by atoms with Crippen LogP contribution in [0, 0.1) is 0 Å². The van der Waals surface area contributed by atoms with Crippen molar-refractivity contribution in [3.63, 3.8) is 0 Å². The van der Waals surface area contributed by atoms with Gasteiger partial charge in [-0.1, -0.05) is 48.5 Å². The van der Waals surface area contributed by atoms with Crippen molar-refractivity contribution in [2.45, 2.75) is 19.2 Å². The van der Waals surface area contributed by atoms with Gasteiger partial charge in [0.05, 0.1) is 11.3 Å². The third-order valence-corrected chi connectivity index (χ3v) is 5.73. The Balaban J connectivity index is 0.000000448. The Kier molecular flexibility index (Phi) is 8.45. The molecule has 4 aromatic rings. The van der Waals surface area contributed by atoms with Crippen molar-refractivity contribution in [1.29, 1.82) is 0 Å². The molecule has 5 rings (SSSR count). The first-order valence-corrected chi connectivity index (χ1v) is 11.9. The molecule has 0 aliphatic carbocycles. The van der Waals surface area contributed by atoms with Gasteiger partial charge in [0.25, 0.3) is 5.91 Å². The van der Waals surface area contributed by atoms with E-state index in [4.69, 9.17) is 14.6 Å². The number of aromatic nitrogens is 2. The number of carboxylic acids is 1. The number of H-pyrrole nitrogens is 1. The number of carboxylic acid groups (broad SMARTS) is 1. The Morgan fingerprint density at radius 2 is 1.74 bits per heavy atom. The number of nitrogens with zero attached hydrogens (tertiary/aromatic N) is 1. The van der Waals surface area contributed by atoms with E-state index in [0.717, 1.165) is 51.5 Å². The lowest BCUT2D eigenvalue weighted by molar-refractivity contribution is -0.192. The van der Waals surface area contributed by atoms with E-state index >= 15 is 0 Å². The monoisotopic (exact) mass is 535 g/mol. The Hall–Kier alpha value is -4.86. The number of rotatable bonds is 6. The van der Waals surface area contributed by atoms with Crippen molar-refractivity contribution in [1.82, 2.24) is 15.3 Å². The topological polar surface area (TPSA) is 104 Å². The van der Waals surface area contributed by atoms with E-state index in [0.29, 0.717) is 13.2 Å². The first kappa shape index (κ1) is 27.2. The van der Waals surface area contributed by atoms with Crippen molar-refractivity contribution in [3.8, 4) is 17.0 Å². The second-order valence-corrected chi connectivity index (χ2v) is 8.50. The molecule has 0 spiro atoms. The van der Waals surface area contributed by atoms with E-state index in [9.17, 15) is 18.0 Å². The minimum atomic E-state index is -5.08. The number of amides is 1. The standard InChI is InChI=1S/C27H23N3O2.C2HF3O2/c31-27-23-17-25(30-24(23)13-15-29-27)21-12-14-28-22(16-21)11-10-20-8-4-5-9-26(20)32-18-19-6-2-1-3-7-19;3-2(4,5)1(6)7/h1-12,14,16-17,30H,13,15,18H2,(H,29,31);(H,6,7)/b11-10+;. The lowest BCUT2D eigenvalue weighted by atomic mass is 10.1. The summed E-state index contributed by atoms with van der Waals surface area (Å²) in [6.07, 6.45) is 1.51. The number of carbonyl (C=O) groups is 2. The molecule has 1 aliphatic heterocycles. The van der Waals surface area contributed by atoms with Crippen molar-refractivity contribution in [2.75, 3.05) is 6.54 Å². The number of halogens is 3. The number of benzene rings is 2. The van der Waals surface area contributed by atoms with E-state index in [2.05, 4.69) is 27.4 Å². The summed E-state index contributed by atoms with van der Waals surface area (Å²) in [5.41, 5.74) is 6.58. The third kappa shape index (κ3) is 7.35. The SMILES string of the molecule is O=C(O)C(F)(F)F.O=C1NCCc2[nH]c(-c3ccnc(/C=C/c4ccccc4OCc4ccccc4)c3)cc21. The molecule has 0 unspecified atom stereocenters. The summed E-state index contributed by atoms with van der Waals surface area (Å²) >= 11 is 0. The average Bonchev–Trinajstić information content (AvgIpc) is 3.38. The molecule has 0 saturated heterocycles. The smallest absolute Gasteiger partial charge is 0.488 e. The minimum Gasteiger partial charge on any atom is -0.488 e. The van der Waals surface area contributed by atoms with Crippen LogP contribution in [-0.4, -0.2) is 39.7 Å². The Morgan fingerprint density at radius 1 is 1.03 bits per heavy atom. The summed E-state index contributed by atoms with van der Waals surface area (Å²) in [6.45, 7) is 1.19. The molecule has 0 radical (unpaired) electrons. The van der Waals surface area contributed by atoms with Crippen LogP contribution in [0.5, 0.6) is 5.75 Å². The van der Waals surface area contributed by atoms with E-state index in [1.54, 1.807) is 6.20 Å².